The molecule has 1 aliphatic rings. The fraction of sp³-hybridized carbons (Fsp3) is 0.538. The van der Waals surface area contributed by atoms with Crippen molar-refractivity contribution in [1.82, 2.24) is 20.1 Å². The Morgan fingerprint density at radius 3 is 2.89 bits per heavy atom. The molecule has 0 spiro atoms. The van der Waals surface area contributed by atoms with Crippen LogP contribution in [0.2, 0.25) is 0 Å². The third-order valence-electron chi connectivity index (χ3n) is 3.85. The van der Waals surface area contributed by atoms with Crippen LogP contribution in [0.4, 0.5) is 5.82 Å². The highest BCUT2D eigenvalue weighted by Crippen LogP contribution is 2.38. The van der Waals surface area contributed by atoms with E-state index < -0.39 is 0 Å². The van der Waals surface area contributed by atoms with Gasteiger partial charge in [0.25, 0.3) is 5.89 Å². The molecule has 1 saturated carbocycles. The Morgan fingerprint density at radius 2 is 2.16 bits per heavy atom. The van der Waals surface area contributed by atoms with Gasteiger partial charge in [0.15, 0.2) is 17.3 Å². The molecule has 2 unspecified atom stereocenters. The second-order valence-electron chi connectivity index (χ2n) is 5.03. The average molecular weight is 259 g/mol. The molecule has 100 valence electrons. The van der Waals surface area contributed by atoms with Gasteiger partial charge in [-0.2, -0.15) is 4.98 Å². The van der Waals surface area contributed by atoms with Gasteiger partial charge in [0, 0.05) is 18.3 Å². The summed E-state index contributed by atoms with van der Waals surface area (Å²) in [5.41, 5.74) is 6.22. The Kier molecular flexibility index (Phi) is 3.15. The zero-order chi connectivity index (χ0) is 13.2. The van der Waals surface area contributed by atoms with Crippen LogP contribution in [-0.4, -0.2) is 20.1 Å². The average Bonchev–Trinajstić information content (AvgIpc) is 3.08. The largest absolute Gasteiger partial charge is 0.382 e. The highest BCUT2D eigenvalue weighted by atomic mass is 16.5. The summed E-state index contributed by atoms with van der Waals surface area (Å²) < 4.78 is 5.27. The summed E-state index contributed by atoms with van der Waals surface area (Å²) in [6.07, 6.45) is 7.85. The zero-order valence-electron chi connectivity index (χ0n) is 10.9. The van der Waals surface area contributed by atoms with Crippen LogP contribution in [0.5, 0.6) is 0 Å². The molecule has 3 rings (SSSR count). The third kappa shape index (κ3) is 2.30. The number of aromatic nitrogens is 4. The Bertz CT molecular complexity index is 568. The van der Waals surface area contributed by atoms with E-state index in [0.29, 0.717) is 23.3 Å². The Hall–Kier alpha value is -1.98. The molecule has 0 aromatic carbocycles. The molecule has 0 saturated heterocycles. The smallest absolute Gasteiger partial charge is 0.280 e. The molecule has 6 nitrogen and oxygen atoms in total. The van der Waals surface area contributed by atoms with Crippen molar-refractivity contribution in [2.75, 3.05) is 5.73 Å². The molecule has 2 N–H and O–H groups in total. The van der Waals surface area contributed by atoms with E-state index in [1.165, 1.54) is 12.8 Å². The molecule has 2 aromatic heterocycles. The Morgan fingerprint density at radius 1 is 1.32 bits per heavy atom. The monoisotopic (exact) mass is 259 g/mol. The van der Waals surface area contributed by atoms with E-state index in [1.54, 1.807) is 12.4 Å². The molecular formula is C13H17N5O. The van der Waals surface area contributed by atoms with Gasteiger partial charge in [-0.05, 0) is 25.2 Å². The summed E-state index contributed by atoms with van der Waals surface area (Å²) in [7, 11) is 0. The summed E-state index contributed by atoms with van der Waals surface area (Å²) in [6, 6.07) is 0. The SMILES string of the molecule is CCC1CCC(c2noc(-c3nccnc3N)n2)C1. The molecule has 0 bridgehead atoms. The van der Waals surface area contributed by atoms with Gasteiger partial charge in [-0.15, -0.1) is 0 Å². The fourth-order valence-corrected chi connectivity index (χ4v) is 2.69. The third-order valence-corrected chi connectivity index (χ3v) is 3.85. The van der Waals surface area contributed by atoms with Crippen LogP contribution in [0.15, 0.2) is 16.9 Å². The van der Waals surface area contributed by atoms with Crippen molar-refractivity contribution < 1.29 is 4.52 Å². The molecule has 0 aliphatic heterocycles. The number of rotatable bonds is 3. The molecule has 6 heteroatoms. The number of hydrogen-bond acceptors (Lipinski definition) is 6. The van der Waals surface area contributed by atoms with Gasteiger partial charge < -0.3 is 10.3 Å². The topological polar surface area (TPSA) is 90.7 Å². The molecule has 0 radical (unpaired) electrons. The van der Waals surface area contributed by atoms with Crippen molar-refractivity contribution in [1.29, 1.82) is 0 Å². The van der Waals surface area contributed by atoms with E-state index in [9.17, 15) is 0 Å². The first-order valence-corrected chi connectivity index (χ1v) is 6.68. The van der Waals surface area contributed by atoms with Crippen LogP contribution in [0.25, 0.3) is 11.6 Å². The first-order valence-electron chi connectivity index (χ1n) is 6.68. The van der Waals surface area contributed by atoms with E-state index in [1.807, 2.05) is 0 Å². The summed E-state index contributed by atoms with van der Waals surface area (Å²) >= 11 is 0. The molecule has 2 aromatic rings. The van der Waals surface area contributed by atoms with Crippen molar-refractivity contribution in [3.63, 3.8) is 0 Å². The van der Waals surface area contributed by atoms with Gasteiger partial charge in [-0.25, -0.2) is 9.97 Å². The summed E-state index contributed by atoms with van der Waals surface area (Å²) in [4.78, 5) is 12.5. The maximum absolute atomic E-state index is 5.76. The van der Waals surface area contributed by atoms with Crippen molar-refractivity contribution in [2.45, 2.75) is 38.5 Å². The lowest BCUT2D eigenvalue weighted by Crippen LogP contribution is -1.98. The van der Waals surface area contributed by atoms with Crippen LogP contribution in [-0.2, 0) is 0 Å². The Labute approximate surface area is 111 Å². The van der Waals surface area contributed by atoms with E-state index in [0.717, 1.165) is 24.6 Å². The molecule has 0 amide bonds. The predicted octanol–water partition coefficient (Wildman–Crippen LogP) is 2.40. The van der Waals surface area contributed by atoms with Crippen LogP contribution in [0, 0.1) is 5.92 Å². The lowest BCUT2D eigenvalue weighted by Gasteiger charge is -2.04. The standard InChI is InChI=1S/C13H17N5O/c1-2-8-3-4-9(7-8)12-17-13(19-18-12)10-11(14)16-6-5-15-10/h5-6,8-9H,2-4,7H2,1H3,(H2,14,16). The molecule has 1 aliphatic carbocycles. The highest BCUT2D eigenvalue weighted by molar-refractivity contribution is 5.61. The quantitative estimate of drug-likeness (QED) is 0.910. The summed E-state index contributed by atoms with van der Waals surface area (Å²) in [5, 5.41) is 4.07. The Balaban J connectivity index is 1.82. The van der Waals surface area contributed by atoms with Gasteiger partial charge in [-0.1, -0.05) is 18.5 Å². The second-order valence-corrected chi connectivity index (χ2v) is 5.03. The number of nitrogens with zero attached hydrogens (tertiary/aromatic N) is 4. The van der Waals surface area contributed by atoms with Gasteiger partial charge in [0.05, 0.1) is 0 Å². The molecular weight excluding hydrogens is 242 g/mol. The molecule has 19 heavy (non-hydrogen) atoms. The van der Waals surface area contributed by atoms with E-state index >= 15 is 0 Å². The minimum atomic E-state index is 0.315. The van der Waals surface area contributed by atoms with E-state index in [4.69, 9.17) is 10.3 Å². The van der Waals surface area contributed by atoms with Gasteiger partial charge >= 0.3 is 0 Å². The summed E-state index contributed by atoms with van der Waals surface area (Å²) in [5.74, 6) is 2.64. The summed E-state index contributed by atoms with van der Waals surface area (Å²) in [6.45, 7) is 2.23. The van der Waals surface area contributed by atoms with Crippen molar-refractivity contribution in [2.24, 2.45) is 5.92 Å². The van der Waals surface area contributed by atoms with Crippen molar-refractivity contribution in [3.05, 3.63) is 18.2 Å². The van der Waals surface area contributed by atoms with Crippen LogP contribution >= 0.6 is 0 Å². The first-order chi connectivity index (χ1) is 9.28. The minimum Gasteiger partial charge on any atom is -0.382 e. The molecule has 2 heterocycles. The number of nitrogens with two attached hydrogens (primary N) is 1. The van der Waals surface area contributed by atoms with Crippen LogP contribution in [0.1, 0.15) is 44.3 Å². The van der Waals surface area contributed by atoms with Crippen LogP contribution in [0.3, 0.4) is 0 Å². The van der Waals surface area contributed by atoms with Gasteiger partial charge in [-0.3, -0.25) is 0 Å². The normalized spacial score (nSPS) is 22.8. The number of hydrogen-bond donors (Lipinski definition) is 1. The molecule has 1 fully saturated rings. The van der Waals surface area contributed by atoms with Crippen molar-refractivity contribution >= 4 is 5.82 Å². The maximum Gasteiger partial charge on any atom is 0.280 e. The fourth-order valence-electron chi connectivity index (χ4n) is 2.69. The number of anilines is 1. The lowest BCUT2D eigenvalue weighted by molar-refractivity contribution is 0.412. The zero-order valence-corrected chi connectivity index (χ0v) is 10.9. The highest BCUT2D eigenvalue weighted by Gasteiger charge is 2.28. The maximum atomic E-state index is 5.76. The second kappa shape index (κ2) is 4.95. The first kappa shape index (κ1) is 12.1. The van der Waals surface area contributed by atoms with Gasteiger partial charge in [0.1, 0.15) is 0 Å². The van der Waals surface area contributed by atoms with Crippen molar-refractivity contribution in [3.8, 4) is 11.6 Å². The predicted molar refractivity (Wildman–Crippen MR) is 70.1 cm³/mol. The number of nitrogen functional groups attached to an aromatic ring is 1. The minimum absolute atomic E-state index is 0.315. The van der Waals surface area contributed by atoms with Gasteiger partial charge in [0.2, 0.25) is 0 Å². The van der Waals surface area contributed by atoms with E-state index in [2.05, 4.69) is 27.0 Å². The molecule has 2 atom stereocenters. The van der Waals surface area contributed by atoms with E-state index in [-0.39, 0.29) is 0 Å². The van der Waals surface area contributed by atoms with Crippen LogP contribution < -0.4 is 5.73 Å². The lowest BCUT2D eigenvalue weighted by atomic mass is 10.0.